The normalized spacial score (nSPS) is 27.0. The number of carbonyl (C=O) groups is 1. The standard InChI is InChI=1S/C7H14N2O2/c1-5-3-8-7(11)9(5)4-6(2)10/h5-6,10H,3-4H2,1-2H3,(H,8,11). The highest BCUT2D eigenvalue weighted by Gasteiger charge is 2.27. The Kier molecular flexibility index (Phi) is 2.34. The maximum atomic E-state index is 11.0. The summed E-state index contributed by atoms with van der Waals surface area (Å²) < 4.78 is 0. The van der Waals surface area contributed by atoms with Crippen LogP contribution in [0.15, 0.2) is 0 Å². The van der Waals surface area contributed by atoms with E-state index in [-0.39, 0.29) is 12.1 Å². The van der Waals surface area contributed by atoms with Crippen molar-refractivity contribution < 1.29 is 9.90 Å². The van der Waals surface area contributed by atoms with Gasteiger partial charge in [0.25, 0.3) is 0 Å². The van der Waals surface area contributed by atoms with E-state index < -0.39 is 6.10 Å². The first-order valence-corrected chi connectivity index (χ1v) is 3.84. The Morgan fingerprint density at radius 2 is 2.55 bits per heavy atom. The van der Waals surface area contributed by atoms with Crippen molar-refractivity contribution in [2.45, 2.75) is 26.0 Å². The van der Waals surface area contributed by atoms with E-state index in [2.05, 4.69) is 5.32 Å². The number of β-amino-alcohol motifs (C(OH)–C–C–N with tert-alkyl or cyclic N) is 1. The van der Waals surface area contributed by atoms with Gasteiger partial charge < -0.3 is 15.3 Å². The largest absolute Gasteiger partial charge is 0.392 e. The van der Waals surface area contributed by atoms with Gasteiger partial charge in [0.1, 0.15) is 0 Å². The molecule has 2 atom stereocenters. The molecule has 0 bridgehead atoms. The molecular weight excluding hydrogens is 144 g/mol. The molecule has 4 nitrogen and oxygen atoms in total. The molecule has 1 heterocycles. The molecule has 2 N–H and O–H groups in total. The summed E-state index contributed by atoms with van der Waals surface area (Å²) in [6.07, 6.45) is -0.443. The van der Waals surface area contributed by atoms with E-state index in [0.29, 0.717) is 13.1 Å². The summed E-state index contributed by atoms with van der Waals surface area (Å²) >= 11 is 0. The average Bonchev–Trinajstić information content (AvgIpc) is 2.18. The van der Waals surface area contributed by atoms with Crippen LogP contribution in [0.3, 0.4) is 0 Å². The molecule has 0 aromatic carbocycles. The molecular formula is C7H14N2O2. The quantitative estimate of drug-likeness (QED) is 0.583. The number of urea groups is 1. The number of hydrogen-bond donors (Lipinski definition) is 2. The van der Waals surface area contributed by atoms with Gasteiger partial charge in [-0.15, -0.1) is 0 Å². The lowest BCUT2D eigenvalue weighted by atomic mass is 10.3. The van der Waals surface area contributed by atoms with Crippen LogP contribution in [0.25, 0.3) is 0 Å². The third-order valence-electron chi connectivity index (χ3n) is 1.80. The molecule has 0 aromatic heterocycles. The number of aliphatic hydroxyl groups excluding tert-OH is 1. The summed E-state index contributed by atoms with van der Waals surface area (Å²) in [6, 6.07) is 0.135. The molecule has 1 saturated heterocycles. The average molecular weight is 158 g/mol. The monoisotopic (exact) mass is 158 g/mol. The Hall–Kier alpha value is -0.770. The van der Waals surface area contributed by atoms with Crippen molar-refractivity contribution in [2.24, 2.45) is 0 Å². The summed E-state index contributed by atoms with van der Waals surface area (Å²) in [5, 5.41) is 11.7. The number of rotatable bonds is 2. The summed E-state index contributed by atoms with van der Waals surface area (Å²) in [6.45, 7) is 4.75. The lowest BCUT2D eigenvalue weighted by Gasteiger charge is -2.20. The summed E-state index contributed by atoms with van der Waals surface area (Å²) in [4.78, 5) is 12.7. The van der Waals surface area contributed by atoms with Crippen LogP contribution in [-0.4, -0.2) is 41.3 Å². The maximum Gasteiger partial charge on any atom is 0.317 e. The molecule has 2 amide bonds. The Bertz CT molecular complexity index is 159. The molecule has 0 radical (unpaired) electrons. The third-order valence-corrected chi connectivity index (χ3v) is 1.80. The topological polar surface area (TPSA) is 52.6 Å². The van der Waals surface area contributed by atoms with Gasteiger partial charge in [-0.25, -0.2) is 4.79 Å². The second-order valence-electron chi connectivity index (χ2n) is 3.04. The van der Waals surface area contributed by atoms with Crippen LogP contribution >= 0.6 is 0 Å². The van der Waals surface area contributed by atoms with Gasteiger partial charge in [-0.1, -0.05) is 0 Å². The number of amides is 2. The van der Waals surface area contributed by atoms with Crippen LogP contribution in [0.2, 0.25) is 0 Å². The van der Waals surface area contributed by atoms with Gasteiger partial charge >= 0.3 is 6.03 Å². The van der Waals surface area contributed by atoms with Crippen LogP contribution in [0.5, 0.6) is 0 Å². The second kappa shape index (κ2) is 3.09. The number of hydrogen-bond acceptors (Lipinski definition) is 2. The molecule has 0 saturated carbocycles. The van der Waals surface area contributed by atoms with Gasteiger partial charge in [0.2, 0.25) is 0 Å². The van der Waals surface area contributed by atoms with Crippen LogP contribution in [0, 0.1) is 0 Å². The number of carbonyl (C=O) groups excluding carboxylic acids is 1. The van der Waals surface area contributed by atoms with Crippen molar-refractivity contribution in [1.82, 2.24) is 10.2 Å². The van der Waals surface area contributed by atoms with Crippen molar-refractivity contribution >= 4 is 6.03 Å². The molecule has 1 rings (SSSR count). The van der Waals surface area contributed by atoms with Crippen molar-refractivity contribution in [3.63, 3.8) is 0 Å². The van der Waals surface area contributed by atoms with E-state index in [1.54, 1.807) is 11.8 Å². The lowest BCUT2D eigenvalue weighted by molar-refractivity contribution is 0.132. The maximum absolute atomic E-state index is 11.0. The highest BCUT2D eigenvalue weighted by Crippen LogP contribution is 2.06. The number of nitrogens with one attached hydrogen (secondary N) is 1. The van der Waals surface area contributed by atoms with Gasteiger partial charge in [-0.2, -0.15) is 0 Å². The van der Waals surface area contributed by atoms with E-state index in [1.807, 2.05) is 6.92 Å². The molecule has 0 spiro atoms. The summed E-state index contributed by atoms with van der Waals surface area (Å²) in [5.74, 6) is 0. The van der Waals surface area contributed by atoms with E-state index in [9.17, 15) is 4.79 Å². The van der Waals surface area contributed by atoms with Crippen LogP contribution in [-0.2, 0) is 0 Å². The third kappa shape index (κ3) is 1.83. The van der Waals surface area contributed by atoms with E-state index in [4.69, 9.17) is 5.11 Å². The predicted octanol–water partition coefficient (Wildman–Crippen LogP) is -0.219. The first kappa shape index (κ1) is 8.33. The number of nitrogens with zero attached hydrogens (tertiary/aromatic N) is 1. The second-order valence-corrected chi connectivity index (χ2v) is 3.04. The Balaban J connectivity index is 2.48. The van der Waals surface area contributed by atoms with E-state index >= 15 is 0 Å². The lowest BCUT2D eigenvalue weighted by Crippen LogP contribution is -2.37. The van der Waals surface area contributed by atoms with E-state index in [1.165, 1.54) is 0 Å². The Morgan fingerprint density at radius 3 is 2.91 bits per heavy atom. The minimum absolute atomic E-state index is 0.0709. The SMILES string of the molecule is CC(O)CN1C(=O)NCC1C. The minimum atomic E-state index is -0.443. The smallest absolute Gasteiger partial charge is 0.317 e. The van der Waals surface area contributed by atoms with Crippen LogP contribution in [0.4, 0.5) is 4.79 Å². The van der Waals surface area contributed by atoms with Gasteiger partial charge in [0, 0.05) is 19.1 Å². The first-order valence-electron chi connectivity index (χ1n) is 3.84. The molecule has 0 aliphatic carbocycles. The van der Waals surface area contributed by atoms with Crippen LogP contribution in [0.1, 0.15) is 13.8 Å². The molecule has 2 unspecified atom stereocenters. The van der Waals surface area contributed by atoms with Crippen molar-refractivity contribution in [1.29, 1.82) is 0 Å². The molecule has 4 heteroatoms. The fraction of sp³-hybridized carbons (Fsp3) is 0.857. The molecule has 1 fully saturated rings. The van der Waals surface area contributed by atoms with Gasteiger partial charge in [-0.05, 0) is 13.8 Å². The molecule has 1 aliphatic heterocycles. The highest BCUT2D eigenvalue weighted by atomic mass is 16.3. The fourth-order valence-electron chi connectivity index (χ4n) is 1.19. The molecule has 1 aliphatic rings. The summed E-state index contributed by atoms with van der Waals surface area (Å²) in [7, 11) is 0. The van der Waals surface area contributed by atoms with Crippen molar-refractivity contribution in [3.8, 4) is 0 Å². The zero-order valence-corrected chi connectivity index (χ0v) is 6.87. The fourth-order valence-corrected chi connectivity index (χ4v) is 1.19. The molecule has 11 heavy (non-hydrogen) atoms. The zero-order valence-electron chi connectivity index (χ0n) is 6.87. The molecule has 64 valence electrons. The van der Waals surface area contributed by atoms with Gasteiger partial charge in [0.05, 0.1) is 6.10 Å². The van der Waals surface area contributed by atoms with Crippen molar-refractivity contribution in [2.75, 3.05) is 13.1 Å². The Morgan fingerprint density at radius 1 is 1.91 bits per heavy atom. The van der Waals surface area contributed by atoms with Gasteiger partial charge in [-0.3, -0.25) is 0 Å². The van der Waals surface area contributed by atoms with Crippen LogP contribution < -0.4 is 5.32 Å². The van der Waals surface area contributed by atoms with Gasteiger partial charge in [0.15, 0.2) is 0 Å². The van der Waals surface area contributed by atoms with E-state index in [0.717, 1.165) is 0 Å². The van der Waals surface area contributed by atoms with Crippen molar-refractivity contribution in [3.05, 3.63) is 0 Å². The first-order chi connectivity index (χ1) is 5.11. The number of aliphatic hydroxyl groups is 1. The Labute approximate surface area is 66.2 Å². The zero-order chi connectivity index (χ0) is 8.43. The molecule has 0 aromatic rings. The minimum Gasteiger partial charge on any atom is -0.392 e. The summed E-state index contributed by atoms with van der Waals surface area (Å²) in [5.41, 5.74) is 0. The highest BCUT2D eigenvalue weighted by molar-refractivity contribution is 5.76. The predicted molar refractivity (Wildman–Crippen MR) is 41.2 cm³/mol.